The number of carbonyl (C=O) groups excluding carboxylic acids is 2. The van der Waals surface area contributed by atoms with E-state index in [4.69, 9.17) is 13.9 Å². The van der Waals surface area contributed by atoms with Crippen molar-refractivity contribution in [2.45, 2.75) is 33.0 Å². The van der Waals surface area contributed by atoms with Gasteiger partial charge in [-0.3, -0.25) is 9.59 Å². The Bertz CT molecular complexity index is 1490. The topological polar surface area (TPSA) is 89.2 Å². The molecule has 3 aromatic carbocycles. The van der Waals surface area contributed by atoms with Crippen LogP contribution in [0.3, 0.4) is 0 Å². The quantitative estimate of drug-likeness (QED) is 0.160. The normalized spacial score (nSPS) is 16.5. The molecule has 1 unspecified atom stereocenters. The highest BCUT2D eigenvalue weighted by atomic mass is 16.5. The highest BCUT2D eigenvalue weighted by Crippen LogP contribution is 2.43. The number of ketones is 1. The lowest BCUT2D eigenvalue weighted by atomic mass is 9.94. The van der Waals surface area contributed by atoms with Gasteiger partial charge in [0.05, 0.1) is 31.0 Å². The number of benzene rings is 3. The van der Waals surface area contributed by atoms with Gasteiger partial charge in [0.1, 0.15) is 18.1 Å². The van der Waals surface area contributed by atoms with E-state index in [2.05, 4.69) is 0 Å². The summed E-state index contributed by atoms with van der Waals surface area (Å²) >= 11 is 0. The largest absolute Gasteiger partial charge is 0.507 e. The second kappa shape index (κ2) is 11.3. The number of aliphatic hydroxyl groups is 1. The molecule has 0 aliphatic carbocycles. The Kier molecular flexibility index (Phi) is 7.50. The Morgan fingerprint density at radius 3 is 2.38 bits per heavy atom. The van der Waals surface area contributed by atoms with E-state index in [9.17, 15) is 14.7 Å². The van der Waals surface area contributed by atoms with Crippen LogP contribution in [0, 0.1) is 6.92 Å². The number of nitrogens with zero attached hydrogens (tertiary/aromatic N) is 1. The van der Waals surface area contributed by atoms with Crippen LogP contribution in [-0.2, 0) is 22.7 Å². The van der Waals surface area contributed by atoms with Gasteiger partial charge in [-0.1, -0.05) is 66.2 Å². The number of hydrogen-bond acceptors (Lipinski definition) is 6. The fourth-order valence-electron chi connectivity index (χ4n) is 4.64. The van der Waals surface area contributed by atoms with E-state index in [0.29, 0.717) is 41.6 Å². The van der Waals surface area contributed by atoms with Gasteiger partial charge in [-0.25, -0.2) is 0 Å². The maximum Gasteiger partial charge on any atom is 0.296 e. The average molecular weight is 524 g/mol. The molecular formula is C32H29NO6. The van der Waals surface area contributed by atoms with Crippen LogP contribution in [0.2, 0.25) is 0 Å². The van der Waals surface area contributed by atoms with E-state index in [1.54, 1.807) is 42.5 Å². The predicted octanol–water partition coefficient (Wildman–Crippen LogP) is 6.19. The van der Waals surface area contributed by atoms with Crippen molar-refractivity contribution in [1.82, 2.24) is 4.90 Å². The first-order valence-electron chi connectivity index (χ1n) is 12.8. The van der Waals surface area contributed by atoms with E-state index in [1.165, 1.54) is 11.2 Å². The van der Waals surface area contributed by atoms with Gasteiger partial charge in [0.15, 0.2) is 11.5 Å². The van der Waals surface area contributed by atoms with Gasteiger partial charge in [-0.15, -0.1) is 0 Å². The molecular weight excluding hydrogens is 494 g/mol. The number of furan rings is 1. The number of rotatable bonds is 9. The Balaban J connectivity index is 1.58. The SMILES string of the molecule is CCOc1cc(C2C(=C(O)c3ccc(C)cc3)C(=O)C(=O)N2Cc2ccco2)ccc1OCc1ccccc1. The highest BCUT2D eigenvalue weighted by Gasteiger charge is 2.46. The van der Waals surface area contributed by atoms with Gasteiger partial charge >= 0.3 is 0 Å². The van der Waals surface area contributed by atoms with Gasteiger partial charge in [0, 0.05) is 5.56 Å². The van der Waals surface area contributed by atoms with Gasteiger partial charge < -0.3 is 23.9 Å². The predicted molar refractivity (Wildman–Crippen MR) is 146 cm³/mol. The van der Waals surface area contributed by atoms with Gasteiger partial charge in [0.2, 0.25) is 0 Å². The number of aryl methyl sites for hydroxylation is 1. The van der Waals surface area contributed by atoms with Crippen molar-refractivity contribution in [3.63, 3.8) is 0 Å². The Morgan fingerprint density at radius 1 is 0.923 bits per heavy atom. The van der Waals surface area contributed by atoms with Crippen LogP contribution in [0.1, 0.15) is 41.0 Å². The fraction of sp³-hybridized carbons (Fsp3) is 0.188. The number of amides is 1. The van der Waals surface area contributed by atoms with Gasteiger partial charge in [-0.05, 0) is 49.2 Å². The molecule has 0 radical (unpaired) electrons. The van der Waals surface area contributed by atoms with E-state index < -0.39 is 17.7 Å². The summed E-state index contributed by atoms with van der Waals surface area (Å²) in [6.07, 6.45) is 1.51. The summed E-state index contributed by atoms with van der Waals surface area (Å²) in [5.74, 6) is -0.178. The van der Waals surface area contributed by atoms with Crippen LogP contribution in [0.15, 0.2) is 101 Å². The first kappa shape index (κ1) is 25.9. The summed E-state index contributed by atoms with van der Waals surface area (Å²) in [6, 6.07) is 24.8. The zero-order valence-corrected chi connectivity index (χ0v) is 21.8. The van der Waals surface area contributed by atoms with Crippen LogP contribution in [0.25, 0.3) is 5.76 Å². The van der Waals surface area contributed by atoms with Crippen LogP contribution in [0.4, 0.5) is 0 Å². The minimum atomic E-state index is -0.862. The zero-order chi connectivity index (χ0) is 27.4. The first-order chi connectivity index (χ1) is 19.0. The smallest absolute Gasteiger partial charge is 0.296 e. The van der Waals surface area contributed by atoms with E-state index in [1.807, 2.05) is 56.3 Å². The number of likely N-dealkylation sites (tertiary alicyclic amines) is 1. The maximum atomic E-state index is 13.4. The van der Waals surface area contributed by atoms with Crippen LogP contribution >= 0.6 is 0 Å². The molecule has 0 saturated carbocycles. The van der Waals surface area contributed by atoms with Gasteiger partial charge in [0.25, 0.3) is 11.7 Å². The molecule has 1 N–H and O–H groups in total. The minimum absolute atomic E-state index is 0.0100. The molecule has 1 amide bonds. The lowest BCUT2D eigenvalue weighted by Crippen LogP contribution is -2.29. The number of aliphatic hydroxyl groups excluding tert-OH is 1. The van der Waals surface area contributed by atoms with Crippen LogP contribution in [0.5, 0.6) is 11.5 Å². The molecule has 1 fully saturated rings. The van der Waals surface area contributed by atoms with Crippen LogP contribution < -0.4 is 9.47 Å². The molecule has 1 aromatic heterocycles. The minimum Gasteiger partial charge on any atom is -0.507 e. The van der Waals surface area contributed by atoms with Crippen molar-refractivity contribution < 1.29 is 28.6 Å². The molecule has 198 valence electrons. The summed E-state index contributed by atoms with van der Waals surface area (Å²) < 4.78 is 17.4. The number of ether oxygens (including phenoxy) is 2. The molecule has 4 aromatic rings. The molecule has 5 rings (SSSR count). The van der Waals surface area contributed by atoms with Crippen LogP contribution in [-0.4, -0.2) is 28.3 Å². The molecule has 7 nitrogen and oxygen atoms in total. The van der Waals surface area contributed by atoms with E-state index >= 15 is 0 Å². The Labute approximate surface area is 226 Å². The molecule has 1 aliphatic rings. The third-order valence-electron chi connectivity index (χ3n) is 6.59. The first-order valence-corrected chi connectivity index (χ1v) is 12.8. The number of Topliss-reactive ketones (excluding diaryl/α,β-unsaturated/α-hetero) is 1. The Hall–Kier alpha value is -4.78. The zero-order valence-electron chi connectivity index (χ0n) is 21.8. The molecule has 39 heavy (non-hydrogen) atoms. The Morgan fingerprint density at radius 2 is 1.69 bits per heavy atom. The van der Waals surface area contributed by atoms with Crippen molar-refractivity contribution in [3.05, 3.63) is 125 Å². The number of hydrogen-bond donors (Lipinski definition) is 1. The highest BCUT2D eigenvalue weighted by molar-refractivity contribution is 6.46. The summed E-state index contributed by atoms with van der Waals surface area (Å²) in [4.78, 5) is 28.1. The summed E-state index contributed by atoms with van der Waals surface area (Å²) in [5.41, 5.74) is 3.08. The second-order valence-electron chi connectivity index (χ2n) is 9.29. The lowest BCUT2D eigenvalue weighted by Gasteiger charge is -2.25. The molecule has 0 bridgehead atoms. The third kappa shape index (κ3) is 5.43. The van der Waals surface area contributed by atoms with Gasteiger partial charge in [-0.2, -0.15) is 0 Å². The van der Waals surface area contributed by atoms with Crippen molar-refractivity contribution >= 4 is 17.4 Å². The lowest BCUT2D eigenvalue weighted by molar-refractivity contribution is -0.140. The summed E-state index contributed by atoms with van der Waals surface area (Å²) in [6.45, 7) is 4.60. The average Bonchev–Trinajstić information content (AvgIpc) is 3.55. The summed E-state index contributed by atoms with van der Waals surface area (Å²) in [7, 11) is 0. The standard InChI is InChI=1S/C32H29NO6/c1-3-37-27-18-24(15-16-26(27)39-20-22-8-5-4-6-9-22)29-28(30(34)23-13-11-21(2)12-14-23)31(35)32(36)33(29)19-25-10-7-17-38-25/h4-18,29,34H,3,19-20H2,1-2H3. The molecule has 1 atom stereocenters. The van der Waals surface area contributed by atoms with Crippen molar-refractivity contribution in [2.24, 2.45) is 0 Å². The third-order valence-corrected chi connectivity index (χ3v) is 6.59. The van der Waals surface area contributed by atoms with Crippen molar-refractivity contribution in [2.75, 3.05) is 6.61 Å². The molecule has 0 spiro atoms. The maximum absolute atomic E-state index is 13.4. The monoisotopic (exact) mass is 523 g/mol. The molecule has 2 heterocycles. The van der Waals surface area contributed by atoms with Crippen molar-refractivity contribution in [3.8, 4) is 11.5 Å². The second-order valence-corrected chi connectivity index (χ2v) is 9.29. The van der Waals surface area contributed by atoms with E-state index in [-0.39, 0.29) is 17.9 Å². The van der Waals surface area contributed by atoms with E-state index in [0.717, 1.165) is 11.1 Å². The molecule has 1 saturated heterocycles. The number of carbonyl (C=O) groups is 2. The fourth-order valence-corrected chi connectivity index (χ4v) is 4.64. The summed E-state index contributed by atoms with van der Waals surface area (Å²) in [5, 5.41) is 11.3. The molecule has 7 heteroatoms. The van der Waals surface area contributed by atoms with Crippen molar-refractivity contribution in [1.29, 1.82) is 0 Å². The molecule has 1 aliphatic heterocycles.